The highest BCUT2D eigenvalue weighted by atomic mass is 19.1. The molecule has 0 aliphatic carbocycles. The second-order valence-electron chi connectivity index (χ2n) is 8.72. The Kier molecular flexibility index (Phi) is 6.42. The summed E-state index contributed by atoms with van der Waals surface area (Å²) in [5, 5.41) is 13.7. The lowest BCUT2D eigenvalue weighted by Gasteiger charge is -2.17. The summed E-state index contributed by atoms with van der Waals surface area (Å²) in [6.07, 6.45) is 3.13. The number of aromatic nitrogens is 3. The topological polar surface area (TPSA) is 97.2 Å². The zero-order valence-electron chi connectivity index (χ0n) is 20.7. The van der Waals surface area contributed by atoms with Gasteiger partial charge in [0.2, 0.25) is 0 Å². The van der Waals surface area contributed by atoms with Crippen molar-refractivity contribution < 1.29 is 23.4 Å². The number of hydrogen-bond acceptors (Lipinski definition) is 6. The summed E-state index contributed by atoms with van der Waals surface area (Å²) in [5.74, 6) is -1.82. The molecule has 2 N–H and O–H groups in total. The molecule has 3 heterocycles. The van der Waals surface area contributed by atoms with Gasteiger partial charge in [-0.3, -0.25) is 19.7 Å². The van der Waals surface area contributed by atoms with Crippen LogP contribution < -0.4 is 10.1 Å². The van der Waals surface area contributed by atoms with Crippen molar-refractivity contribution in [1.82, 2.24) is 15.0 Å². The Morgan fingerprint density at radius 3 is 2.50 bits per heavy atom. The molecule has 0 aliphatic heterocycles. The van der Waals surface area contributed by atoms with Gasteiger partial charge in [-0.05, 0) is 68.3 Å². The van der Waals surface area contributed by atoms with Gasteiger partial charge < -0.3 is 15.2 Å². The van der Waals surface area contributed by atoms with Crippen LogP contribution in [-0.2, 0) is 0 Å². The molecule has 38 heavy (non-hydrogen) atoms. The zero-order chi connectivity index (χ0) is 27.0. The lowest BCUT2D eigenvalue weighted by atomic mass is 9.95. The fraction of sp³-hybridized carbons (Fsp3) is 0.103. The first-order valence-electron chi connectivity index (χ1n) is 11.7. The fourth-order valence-corrected chi connectivity index (χ4v) is 4.34. The second kappa shape index (κ2) is 9.85. The van der Waals surface area contributed by atoms with Crippen LogP contribution in [-0.4, -0.2) is 26.0 Å². The Morgan fingerprint density at radius 1 is 0.921 bits per heavy atom. The molecule has 0 fully saturated rings. The van der Waals surface area contributed by atoms with E-state index in [1.54, 1.807) is 45.2 Å². The number of aromatic hydroxyl groups is 1. The third kappa shape index (κ3) is 4.61. The van der Waals surface area contributed by atoms with Crippen LogP contribution in [0, 0.1) is 32.4 Å². The Bertz CT molecular complexity index is 1720. The summed E-state index contributed by atoms with van der Waals surface area (Å²) in [6.45, 7) is 4.99. The smallest absolute Gasteiger partial charge is 0.261 e. The van der Waals surface area contributed by atoms with Gasteiger partial charge in [-0.2, -0.15) is 0 Å². The maximum Gasteiger partial charge on any atom is 0.261 e. The van der Waals surface area contributed by atoms with Crippen LogP contribution in [0.4, 0.5) is 14.5 Å². The quantitative estimate of drug-likeness (QED) is 0.274. The van der Waals surface area contributed by atoms with Crippen molar-refractivity contribution in [1.29, 1.82) is 0 Å². The molecule has 190 valence electrons. The number of pyridine rings is 3. The van der Waals surface area contributed by atoms with Gasteiger partial charge in [0.15, 0.2) is 17.3 Å². The molecular weight excluding hydrogens is 490 g/mol. The summed E-state index contributed by atoms with van der Waals surface area (Å²) in [6, 6.07) is 13.2. The van der Waals surface area contributed by atoms with Gasteiger partial charge in [-0.1, -0.05) is 6.07 Å². The molecule has 7 nitrogen and oxygen atoms in total. The zero-order valence-corrected chi connectivity index (χ0v) is 20.7. The van der Waals surface area contributed by atoms with Crippen molar-refractivity contribution in [2.75, 3.05) is 5.32 Å². The predicted octanol–water partition coefficient (Wildman–Crippen LogP) is 6.65. The van der Waals surface area contributed by atoms with E-state index in [9.17, 15) is 18.7 Å². The monoisotopic (exact) mass is 512 g/mol. The molecule has 0 saturated heterocycles. The van der Waals surface area contributed by atoms with Crippen molar-refractivity contribution >= 4 is 22.6 Å². The first-order chi connectivity index (χ1) is 18.2. The van der Waals surface area contributed by atoms with Gasteiger partial charge in [0.25, 0.3) is 5.91 Å². The van der Waals surface area contributed by atoms with E-state index in [0.29, 0.717) is 44.9 Å². The SMILES string of the molecule is Cc1cc(F)ccc1-c1c(C)nc(C)c(C(=O)Nc2ccc(Oc3ccnc4cccnc34)c(F)c2)c1O. The van der Waals surface area contributed by atoms with Gasteiger partial charge in [-0.25, -0.2) is 8.78 Å². The van der Waals surface area contributed by atoms with Gasteiger partial charge in [0.05, 0.1) is 11.2 Å². The van der Waals surface area contributed by atoms with E-state index in [1.807, 2.05) is 0 Å². The Labute approximate surface area is 216 Å². The highest BCUT2D eigenvalue weighted by Gasteiger charge is 2.23. The molecule has 0 unspecified atom stereocenters. The molecule has 3 aromatic heterocycles. The van der Waals surface area contributed by atoms with Gasteiger partial charge in [-0.15, -0.1) is 0 Å². The minimum absolute atomic E-state index is 0.0637. The van der Waals surface area contributed by atoms with E-state index in [2.05, 4.69) is 20.3 Å². The van der Waals surface area contributed by atoms with E-state index in [0.717, 1.165) is 6.07 Å². The number of carbonyl (C=O) groups excluding carboxylic acids is 1. The Morgan fingerprint density at radius 2 is 1.74 bits per heavy atom. The number of halogens is 2. The summed E-state index contributed by atoms with van der Waals surface area (Å²) in [4.78, 5) is 26.1. The van der Waals surface area contributed by atoms with Gasteiger partial charge >= 0.3 is 0 Å². The average Bonchev–Trinajstić information content (AvgIpc) is 2.87. The first-order valence-corrected chi connectivity index (χ1v) is 11.7. The molecule has 2 aromatic carbocycles. The number of rotatable bonds is 5. The molecular formula is C29H22F2N4O3. The normalized spacial score (nSPS) is 11.0. The van der Waals surface area contributed by atoms with E-state index in [1.165, 1.54) is 36.5 Å². The number of aryl methyl sites for hydroxylation is 3. The number of carbonyl (C=O) groups is 1. The van der Waals surface area contributed by atoms with Crippen molar-refractivity contribution in [3.05, 3.63) is 101 Å². The third-order valence-electron chi connectivity index (χ3n) is 6.09. The maximum atomic E-state index is 15.0. The van der Waals surface area contributed by atoms with Crippen LogP contribution in [0.25, 0.3) is 22.2 Å². The number of amides is 1. The standard InChI is InChI=1S/C29H22F2N4O3/c1-15-13-18(30)6-8-20(15)25-16(2)34-17(3)26(28(25)36)29(37)35-19-7-9-23(21(31)14-19)38-24-10-12-32-22-5-4-11-33-27(22)24/h4-14H,1-3H3,(H,34,36)(H,35,37). The highest BCUT2D eigenvalue weighted by molar-refractivity contribution is 6.08. The van der Waals surface area contributed by atoms with Gasteiger partial charge in [0, 0.05) is 41.5 Å². The Hall–Kier alpha value is -4.92. The molecule has 5 rings (SSSR count). The van der Waals surface area contributed by atoms with E-state index >= 15 is 0 Å². The molecule has 0 radical (unpaired) electrons. The van der Waals surface area contributed by atoms with E-state index in [-0.39, 0.29) is 22.7 Å². The molecule has 1 amide bonds. The molecule has 0 saturated carbocycles. The summed E-state index contributed by atoms with van der Waals surface area (Å²) >= 11 is 0. The molecule has 0 atom stereocenters. The lowest BCUT2D eigenvalue weighted by Crippen LogP contribution is -2.16. The number of nitrogens with one attached hydrogen (secondary N) is 1. The molecule has 0 spiro atoms. The minimum Gasteiger partial charge on any atom is -0.506 e. The van der Waals surface area contributed by atoms with E-state index in [4.69, 9.17) is 4.74 Å². The largest absolute Gasteiger partial charge is 0.506 e. The highest BCUT2D eigenvalue weighted by Crippen LogP contribution is 2.38. The van der Waals surface area contributed by atoms with Crippen molar-refractivity contribution in [3.8, 4) is 28.4 Å². The summed E-state index contributed by atoms with van der Waals surface area (Å²) < 4.78 is 34.3. The number of fused-ring (bicyclic) bond motifs is 1. The second-order valence-corrected chi connectivity index (χ2v) is 8.72. The summed E-state index contributed by atoms with van der Waals surface area (Å²) in [7, 11) is 0. The van der Waals surface area contributed by atoms with Crippen LogP contribution >= 0.6 is 0 Å². The summed E-state index contributed by atoms with van der Waals surface area (Å²) in [5.41, 5.74) is 3.40. The maximum absolute atomic E-state index is 15.0. The average molecular weight is 513 g/mol. The van der Waals surface area contributed by atoms with Gasteiger partial charge in [0.1, 0.15) is 22.6 Å². The number of nitrogens with zero attached hydrogens (tertiary/aromatic N) is 3. The molecule has 0 bridgehead atoms. The van der Waals surface area contributed by atoms with Crippen molar-refractivity contribution in [3.63, 3.8) is 0 Å². The first kappa shape index (κ1) is 24.8. The number of benzene rings is 2. The minimum atomic E-state index is -0.714. The van der Waals surface area contributed by atoms with Crippen molar-refractivity contribution in [2.24, 2.45) is 0 Å². The number of hydrogen-bond donors (Lipinski definition) is 2. The predicted molar refractivity (Wildman–Crippen MR) is 139 cm³/mol. The number of ether oxygens (including phenoxy) is 1. The fourth-order valence-electron chi connectivity index (χ4n) is 4.34. The van der Waals surface area contributed by atoms with Crippen LogP contribution in [0.1, 0.15) is 27.3 Å². The molecule has 9 heteroatoms. The Balaban J connectivity index is 1.43. The van der Waals surface area contributed by atoms with Crippen LogP contribution in [0.15, 0.2) is 67.0 Å². The van der Waals surface area contributed by atoms with E-state index < -0.39 is 17.5 Å². The lowest BCUT2D eigenvalue weighted by molar-refractivity contribution is 0.102. The molecule has 0 aliphatic rings. The van der Waals surface area contributed by atoms with Crippen LogP contribution in [0.3, 0.4) is 0 Å². The molecule has 5 aromatic rings. The van der Waals surface area contributed by atoms with Crippen LogP contribution in [0.2, 0.25) is 0 Å². The third-order valence-corrected chi connectivity index (χ3v) is 6.09. The van der Waals surface area contributed by atoms with Crippen molar-refractivity contribution in [2.45, 2.75) is 20.8 Å². The van der Waals surface area contributed by atoms with Crippen LogP contribution in [0.5, 0.6) is 17.2 Å². The number of anilines is 1.